The Labute approximate surface area is 118 Å². The van der Waals surface area contributed by atoms with Crippen LogP contribution in [0.5, 0.6) is 5.75 Å². The number of amides is 1. The number of nitrogen functional groups attached to an aromatic ring is 1. The zero-order valence-electron chi connectivity index (χ0n) is 10.2. The number of rotatable bonds is 3. The van der Waals surface area contributed by atoms with Gasteiger partial charge in [-0.3, -0.25) is 9.48 Å². The Morgan fingerprint density at radius 3 is 2.89 bits per heavy atom. The van der Waals surface area contributed by atoms with Gasteiger partial charge < -0.3 is 16.2 Å². The van der Waals surface area contributed by atoms with Gasteiger partial charge in [0.2, 0.25) is 0 Å². The summed E-state index contributed by atoms with van der Waals surface area (Å²) in [7, 11) is 1.72. The summed E-state index contributed by atoms with van der Waals surface area (Å²) in [6, 6.07) is 4.70. The molecule has 100 valence electrons. The van der Waals surface area contributed by atoms with Crippen molar-refractivity contribution in [3.05, 3.63) is 40.0 Å². The Bertz CT molecular complexity index is 624. The third kappa shape index (κ3) is 2.87. The van der Waals surface area contributed by atoms with Gasteiger partial charge in [-0.2, -0.15) is 5.10 Å². The lowest BCUT2D eigenvalue weighted by Crippen LogP contribution is -2.23. The highest BCUT2D eigenvalue weighted by Crippen LogP contribution is 2.22. The maximum absolute atomic E-state index is 11.9. The molecule has 0 spiro atoms. The van der Waals surface area contributed by atoms with E-state index in [4.69, 9.17) is 5.73 Å². The van der Waals surface area contributed by atoms with Crippen LogP contribution in [-0.2, 0) is 13.6 Å². The molecule has 4 N–H and O–H groups in total. The van der Waals surface area contributed by atoms with E-state index in [-0.39, 0.29) is 23.8 Å². The van der Waals surface area contributed by atoms with Crippen LogP contribution in [0.15, 0.2) is 28.9 Å². The predicted molar refractivity (Wildman–Crippen MR) is 74.6 cm³/mol. The molecule has 0 bridgehead atoms. The van der Waals surface area contributed by atoms with E-state index in [1.54, 1.807) is 25.4 Å². The second kappa shape index (κ2) is 5.31. The molecule has 0 saturated carbocycles. The van der Waals surface area contributed by atoms with Crippen LogP contribution in [0.4, 0.5) is 5.82 Å². The van der Waals surface area contributed by atoms with E-state index in [9.17, 15) is 9.90 Å². The average molecular weight is 325 g/mol. The first-order valence-corrected chi connectivity index (χ1v) is 6.31. The van der Waals surface area contributed by atoms with Crippen molar-refractivity contribution < 1.29 is 9.90 Å². The molecule has 1 aromatic carbocycles. The summed E-state index contributed by atoms with van der Waals surface area (Å²) in [5.41, 5.74) is 6.71. The van der Waals surface area contributed by atoms with E-state index in [2.05, 4.69) is 26.3 Å². The van der Waals surface area contributed by atoms with Gasteiger partial charge in [0, 0.05) is 23.6 Å². The van der Waals surface area contributed by atoms with Crippen molar-refractivity contribution in [3.8, 4) is 5.75 Å². The summed E-state index contributed by atoms with van der Waals surface area (Å²) in [6.45, 7) is 0.258. The van der Waals surface area contributed by atoms with Crippen LogP contribution in [-0.4, -0.2) is 20.8 Å². The Morgan fingerprint density at radius 1 is 1.58 bits per heavy atom. The maximum Gasteiger partial charge on any atom is 0.255 e. The number of hydrogen-bond donors (Lipinski definition) is 3. The number of carbonyl (C=O) groups is 1. The van der Waals surface area contributed by atoms with Crippen LogP contribution in [0, 0.1) is 0 Å². The van der Waals surface area contributed by atoms with Crippen molar-refractivity contribution in [2.45, 2.75) is 6.54 Å². The van der Waals surface area contributed by atoms with Crippen LogP contribution in [0.2, 0.25) is 0 Å². The molecule has 2 aromatic rings. The zero-order chi connectivity index (χ0) is 14.0. The number of benzene rings is 1. The summed E-state index contributed by atoms with van der Waals surface area (Å²) < 4.78 is 2.23. The van der Waals surface area contributed by atoms with Gasteiger partial charge in [0.05, 0.1) is 11.8 Å². The van der Waals surface area contributed by atoms with Gasteiger partial charge in [0.1, 0.15) is 11.6 Å². The Hall–Kier alpha value is -2.02. The Kier molecular flexibility index (Phi) is 3.75. The van der Waals surface area contributed by atoms with E-state index in [1.165, 1.54) is 10.7 Å². The molecule has 7 heteroatoms. The van der Waals surface area contributed by atoms with Crippen LogP contribution in [0.25, 0.3) is 0 Å². The summed E-state index contributed by atoms with van der Waals surface area (Å²) >= 11 is 3.21. The number of aromatic nitrogens is 2. The van der Waals surface area contributed by atoms with E-state index < -0.39 is 0 Å². The fourth-order valence-corrected chi connectivity index (χ4v) is 1.95. The molecule has 0 aliphatic carbocycles. The van der Waals surface area contributed by atoms with Gasteiger partial charge >= 0.3 is 0 Å². The van der Waals surface area contributed by atoms with Crippen LogP contribution in [0.1, 0.15) is 15.9 Å². The van der Waals surface area contributed by atoms with Gasteiger partial charge in [0.15, 0.2) is 0 Å². The second-order valence-corrected chi connectivity index (χ2v) is 4.94. The molecular weight excluding hydrogens is 312 g/mol. The molecule has 0 atom stereocenters. The largest absolute Gasteiger partial charge is 0.507 e. The van der Waals surface area contributed by atoms with E-state index in [0.717, 1.165) is 5.56 Å². The average Bonchev–Trinajstić information content (AvgIpc) is 2.67. The van der Waals surface area contributed by atoms with Crippen molar-refractivity contribution in [2.75, 3.05) is 5.73 Å². The topological polar surface area (TPSA) is 93.2 Å². The third-order valence-electron chi connectivity index (χ3n) is 2.71. The van der Waals surface area contributed by atoms with Crippen molar-refractivity contribution in [3.63, 3.8) is 0 Å². The maximum atomic E-state index is 11.9. The first-order chi connectivity index (χ1) is 8.99. The van der Waals surface area contributed by atoms with Crippen molar-refractivity contribution in [1.82, 2.24) is 15.1 Å². The third-order valence-corrected chi connectivity index (χ3v) is 3.20. The van der Waals surface area contributed by atoms with E-state index in [0.29, 0.717) is 10.3 Å². The second-order valence-electron chi connectivity index (χ2n) is 4.02. The van der Waals surface area contributed by atoms with E-state index >= 15 is 0 Å². The molecule has 0 aliphatic rings. The zero-order valence-corrected chi connectivity index (χ0v) is 11.8. The predicted octanol–water partition coefficient (Wildman–Crippen LogP) is 1.40. The quantitative estimate of drug-likeness (QED) is 0.795. The molecule has 1 aromatic heterocycles. The number of aryl methyl sites for hydroxylation is 1. The van der Waals surface area contributed by atoms with Crippen LogP contribution < -0.4 is 11.1 Å². The lowest BCUT2D eigenvalue weighted by atomic mass is 10.2. The fraction of sp³-hybridized carbons (Fsp3) is 0.167. The lowest BCUT2D eigenvalue weighted by molar-refractivity contribution is 0.0948. The van der Waals surface area contributed by atoms with Crippen LogP contribution in [0.3, 0.4) is 0 Å². The number of carbonyl (C=O) groups excluding carboxylic acids is 1. The highest BCUT2D eigenvalue weighted by molar-refractivity contribution is 9.10. The number of anilines is 1. The summed E-state index contributed by atoms with van der Waals surface area (Å²) in [6.07, 6.45) is 1.59. The molecule has 0 saturated heterocycles. The SMILES string of the molecule is Cn1ncc(CNC(=O)c2ccc(Br)cc2O)c1N. The Morgan fingerprint density at radius 2 is 2.32 bits per heavy atom. The number of halogens is 1. The normalized spacial score (nSPS) is 10.4. The first-order valence-electron chi connectivity index (χ1n) is 5.52. The van der Waals surface area contributed by atoms with Gasteiger partial charge in [-0.1, -0.05) is 15.9 Å². The number of hydrogen-bond acceptors (Lipinski definition) is 4. The monoisotopic (exact) mass is 324 g/mol. The molecule has 6 nitrogen and oxygen atoms in total. The summed E-state index contributed by atoms with van der Waals surface area (Å²) in [5, 5.41) is 16.3. The van der Waals surface area contributed by atoms with Crippen molar-refractivity contribution in [2.24, 2.45) is 7.05 Å². The molecule has 19 heavy (non-hydrogen) atoms. The minimum absolute atomic E-state index is 0.0777. The molecule has 0 fully saturated rings. The standard InChI is InChI=1S/C12H13BrN4O2/c1-17-11(14)7(6-16-17)5-15-12(19)9-3-2-8(13)4-10(9)18/h2-4,6,18H,5,14H2,1H3,(H,15,19). The minimum atomic E-state index is -0.367. The number of phenolic OH excluding ortho intramolecular Hbond substituents is 1. The number of nitrogens with one attached hydrogen (secondary N) is 1. The highest BCUT2D eigenvalue weighted by Gasteiger charge is 2.12. The van der Waals surface area contributed by atoms with Crippen LogP contribution >= 0.6 is 15.9 Å². The molecule has 2 rings (SSSR count). The van der Waals surface area contributed by atoms with E-state index in [1.807, 2.05) is 0 Å². The summed E-state index contributed by atoms with van der Waals surface area (Å²) in [5.74, 6) is 0.0552. The fourth-order valence-electron chi connectivity index (χ4n) is 1.60. The number of phenols is 1. The van der Waals surface area contributed by atoms with Crippen molar-refractivity contribution >= 4 is 27.7 Å². The first kappa shape index (κ1) is 13.4. The lowest BCUT2D eigenvalue weighted by Gasteiger charge is -2.07. The smallest absolute Gasteiger partial charge is 0.255 e. The van der Waals surface area contributed by atoms with Crippen molar-refractivity contribution in [1.29, 1.82) is 0 Å². The molecule has 0 aliphatic heterocycles. The summed E-state index contributed by atoms with van der Waals surface area (Å²) in [4.78, 5) is 11.9. The number of nitrogens with two attached hydrogens (primary N) is 1. The Balaban J connectivity index is 2.07. The van der Waals surface area contributed by atoms with Gasteiger partial charge in [0.25, 0.3) is 5.91 Å². The van der Waals surface area contributed by atoms with Gasteiger partial charge in [-0.15, -0.1) is 0 Å². The minimum Gasteiger partial charge on any atom is -0.507 e. The molecule has 0 radical (unpaired) electrons. The van der Waals surface area contributed by atoms with Gasteiger partial charge in [-0.05, 0) is 18.2 Å². The number of aromatic hydroxyl groups is 1. The molecular formula is C12H13BrN4O2. The molecule has 0 unspecified atom stereocenters. The number of nitrogens with zero attached hydrogens (tertiary/aromatic N) is 2. The highest BCUT2D eigenvalue weighted by atomic mass is 79.9. The van der Waals surface area contributed by atoms with Gasteiger partial charge in [-0.25, -0.2) is 0 Å². The molecule has 1 heterocycles. The molecule has 1 amide bonds.